The predicted octanol–water partition coefficient (Wildman–Crippen LogP) is 1.32. The topological polar surface area (TPSA) is 59.0 Å². The third-order valence-electron chi connectivity index (χ3n) is 4.12. The highest BCUT2D eigenvalue weighted by molar-refractivity contribution is 7.99. The summed E-state index contributed by atoms with van der Waals surface area (Å²) in [6.45, 7) is 2.93. The van der Waals surface area contributed by atoms with E-state index in [1.165, 1.54) is 17.9 Å². The molecule has 3 atom stereocenters. The third kappa shape index (κ3) is 3.01. The lowest BCUT2D eigenvalue weighted by molar-refractivity contribution is -0.124. The number of aromatic nitrogens is 2. The van der Waals surface area contributed by atoms with Crippen molar-refractivity contribution >= 4 is 17.7 Å². The molecule has 0 unspecified atom stereocenters. The Morgan fingerprint density at radius 2 is 2.45 bits per heavy atom. The van der Waals surface area contributed by atoms with Crippen LogP contribution in [0.4, 0.5) is 0 Å². The number of carbonyl (C=O) groups is 1. The Bertz CT molecular complexity index is 469. The summed E-state index contributed by atoms with van der Waals surface area (Å²) in [5.41, 5.74) is 1.11. The van der Waals surface area contributed by atoms with Crippen LogP contribution in [0.2, 0.25) is 0 Å². The van der Waals surface area contributed by atoms with Crippen molar-refractivity contribution in [1.82, 2.24) is 20.4 Å². The zero-order valence-corrected chi connectivity index (χ0v) is 12.7. The summed E-state index contributed by atoms with van der Waals surface area (Å²) in [5, 5.41) is 11.2. The summed E-state index contributed by atoms with van der Waals surface area (Å²) in [6.07, 6.45) is 6.70. The molecule has 2 aliphatic heterocycles. The second kappa shape index (κ2) is 6.18. The number of thioether (sulfide) groups is 1. The molecule has 20 heavy (non-hydrogen) atoms. The Labute approximate surface area is 123 Å². The van der Waals surface area contributed by atoms with E-state index in [1.54, 1.807) is 0 Å². The van der Waals surface area contributed by atoms with Crippen LogP contribution < -0.4 is 10.6 Å². The van der Waals surface area contributed by atoms with Crippen molar-refractivity contribution in [2.24, 2.45) is 0 Å². The van der Waals surface area contributed by atoms with Gasteiger partial charge in [-0.3, -0.25) is 9.48 Å². The maximum absolute atomic E-state index is 11.7. The van der Waals surface area contributed by atoms with Crippen LogP contribution in [0.5, 0.6) is 0 Å². The molecule has 2 aliphatic rings. The number of carbonyl (C=O) groups excluding carboxylic acids is 1. The van der Waals surface area contributed by atoms with E-state index in [0.29, 0.717) is 18.5 Å². The van der Waals surface area contributed by atoms with Gasteiger partial charge < -0.3 is 10.6 Å². The van der Waals surface area contributed by atoms with Gasteiger partial charge in [-0.1, -0.05) is 0 Å². The first kappa shape index (κ1) is 13.9. The maximum Gasteiger partial charge on any atom is 0.220 e. The fourth-order valence-electron chi connectivity index (χ4n) is 2.98. The highest BCUT2D eigenvalue weighted by Crippen LogP contribution is 2.26. The Hall–Kier alpha value is -1.01. The minimum absolute atomic E-state index is 0.0575. The SMILES string of the molecule is CCn1cc([C@@H]2NC(=O)CC[C@H]2N[C@H]2CCSC2)cn1. The molecule has 2 fully saturated rings. The maximum atomic E-state index is 11.7. The summed E-state index contributed by atoms with van der Waals surface area (Å²) < 4.78 is 1.92. The molecular weight excluding hydrogens is 272 g/mol. The minimum atomic E-state index is 0.0575. The summed E-state index contributed by atoms with van der Waals surface area (Å²) in [6, 6.07) is 0.969. The second-order valence-electron chi connectivity index (χ2n) is 5.55. The quantitative estimate of drug-likeness (QED) is 0.879. The van der Waals surface area contributed by atoms with Crippen molar-refractivity contribution in [2.75, 3.05) is 11.5 Å². The van der Waals surface area contributed by atoms with Gasteiger partial charge in [0.25, 0.3) is 0 Å². The Kier molecular flexibility index (Phi) is 4.31. The fourth-order valence-corrected chi connectivity index (χ4v) is 4.14. The van der Waals surface area contributed by atoms with Gasteiger partial charge in [-0.2, -0.15) is 16.9 Å². The van der Waals surface area contributed by atoms with E-state index in [1.807, 2.05) is 28.8 Å². The molecule has 2 N–H and O–H groups in total. The first-order valence-corrected chi connectivity index (χ1v) is 8.57. The van der Waals surface area contributed by atoms with Crippen molar-refractivity contribution in [3.05, 3.63) is 18.0 Å². The lowest BCUT2D eigenvalue weighted by Crippen LogP contribution is -2.51. The van der Waals surface area contributed by atoms with E-state index in [-0.39, 0.29) is 11.9 Å². The van der Waals surface area contributed by atoms with Gasteiger partial charge in [-0.25, -0.2) is 0 Å². The van der Waals surface area contributed by atoms with Crippen LogP contribution in [0.25, 0.3) is 0 Å². The molecular formula is C14H22N4OS. The van der Waals surface area contributed by atoms with Gasteiger partial charge >= 0.3 is 0 Å². The number of rotatable bonds is 4. The van der Waals surface area contributed by atoms with Gasteiger partial charge in [-0.15, -0.1) is 0 Å². The average molecular weight is 294 g/mol. The van der Waals surface area contributed by atoms with Gasteiger partial charge in [0.15, 0.2) is 0 Å². The molecule has 0 spiro atoms. The van der Waals surface area contributed by atoms with Gasteiger partial charge in [0.1, 0.15) is 0 Å². The monoisotopic (exact) mass is 294 g/mol. The molecule has 0 saturated carbocycles. The number of nitrogens with one attached hydrogen (secondary N) is 2. The number of aryl methyl sites for hydroxylation is 1. The van der Waals surface area contributed by atoms with Crippen LogP contribution in [-0.4, -0.2) is 39.3 Å². The summed E-state index contributed by atoms with van der Waals surface area (Å²) in [4.78, 5) is 11.7. The summed E-state index contributed by atoms with van der Waals surface area (Å²) in [7, 11) is 0. The molecule has 0 bridgehead atoms. The van der Waals surface area contributed by atoms with Crippen LogP contribution in [0.15, 0.2) is 12.4 Å². The number of hydrogen-bond acceptors (Lipinski definition) is 4. The van der Waals surface area contributed by atoms with Crippen molar-refractivity contribution in [2.45, 2.75) is 50.9 Å². The molecule has 1 amide bonds. The smallest absolute Gasteiger partial charge is 0.220 e. The molecule has 1 aromatic heterocycles. The molecule has 110 valence electrons. The van der Waals surface area contributed by atoms with Gasteiger partial charge in [-0.05, 0) is 25.5 Å². The van der Waals surface area contributed by atoms with E-state index in [0.717, 1.165) is 18.5 Å². The second-order valence-corrected chi connectivity index (χ2v) is 6.70. The van der Waals surface area contributed by atoms with E-state index in [9.17, 15) is 4.79 Å². The predicted molar refractivity (Wildman–Crippen MR) is 80.7 cm³/mol. The number of amides is 1. The van der Waals surface area contributed by atoms with Gasteiger partial charge in [0.05, 0.1) is 12.2 Å². The van der Waals surface area contributed by atoms with Crippen LogP contribution in [0.3, 0.4) is 0 Å². The third-order valence-corrected chi connectivity index (χ3v) is 5.28. The largest absolute Gasteiger partial charge is 0.348 e. The van der Waals surface area contributed by atoms with E-state index < -0.39 is 0 Å². The van der Waals surface area contributed by atoms with Crippen LogP contribution in [-0.2, 0) is 11.3 Å². The average Bonchev–Trinajstić information content (AvgIpc) is 3.11. The van der Waals surface area contributed by atoms with Crippen molar-refractivity contribution in [3.8, 4) is 0 Å². The van der Waals surface area contributed by atoms with E-state index in [4.69, 9.17) is 0 Å². The normalized spacial score (nSPS) is 30.4. The zero-order chi connectivity index (χ0) is 13.9. The summed E-state index contributed by atoms with van der Waals surface area (Å²) >= 11 is 2.01. The molecule has 0 aliphatic carbocycles. The van der Waals surface area contributed by atoms with Crippen LogP contribution in [0, 0.1) is 0 Å². The standard InChI is InChI=1S/C14H22N4OS/c1-2-18-8-10(7-15-18)14-12(3-4-13(19)17-14)16-11-5-6-20-9-11/h7-8,11-12,14,16H,2-6,9H2,1H3,(H,17,19)/t11-,12+,14-/m0/s1. The fraction of sp³-hybridized carbons (Fsp3) is 0.714. The van der Waals surface area contributed by atoms with Crippen LogP contribution >= 0.6 is 11.8 Å². The number of piperidine rings is 1. The molecule has 3 rings (SSSR count). The highest BCUT2D eigenvalue weighted by Gasteiger charge is 2.32. The Morgan fingerprint density at radius 1 is 1.55 bits per heavy atom. The van der Waals surface area contributed by atoms with Gasteiger partial charge in [0, 0.05) is 42.6 Å². The Balaban J connectivity index is 1.73. The molecule has 0 aromatic carbocycles. The molecule has 6 heteroatoms. The summed E-state index contributed by atoms with van der Waals surface area (Å²) in [5.74, 6) is 2.58. The number of hydrogen-bond donors (Lipinski definition) is 2. The first-order chi connectivity index (χ1) is 9.76. The molecule has 3 heterocycles. The minimum Gasteiger partial charge on any atom is -0.348 e. The molecule has 1 aromatic rings. The van der Waals surface area contributed by atoms with Crippen molar-refractivity contribution in [3.63, 3.8) is 0 Å². The number of nitrogens with zero attached hydrogens (tertiary/aromatic N) is 2. The first-order valence-electron chi connectivity index (χ1n) is 7.41. The van der Waals surface area contributed by atoms with E-state index >= 15 is 0 Å². The van der Waals surface area contributed by atoms with Crippen molar-refractivity contribution < 1.29 is 4.79 Å². The van der Waals surface area contributed by atoms with Crippen LogP contribution in [0.1, 0.15) is 37.8 Å². The highest BCUT2D eigenvalue weighted by atomic mass is 32.2. The zero-order valence-electron chi connectivity index (χ0n) is 11.8. The molecule has 2 saturated heterocycles. The van der Waals surface area contributed by atoms with E-state index in [2.05, 4.69) is 22.7 Å². The molecule has 5 nitrogen and oxygen atoms in total. The Morgan fingerprint density at radius 3 is 3.15 bits per heavy atom. The van der Waals surface area contributed by atoms with Crippen molar-refractivity contribution in [1.29, 1.82) is 0 Å². The van der Waals surface area contributed by atoms with Gasteiger partial charge in [0.2, 0.25) is 5.91 Å². The lowest BCUT2D eigenvalue weighted by atomic mass is 9.93. The molecule has 0 radical (unpaired) electrons. The lowest BCUT2D eigenvalue weighted by Gasteiger charge is -2.34.